The summed E-state index contributed by atoms with van der Waals surface area (Å²) >= 11 is 1.59. The minimum Gasteiger partial charge on any atom is -0.507 e. The Morgan fingerprint density at radius 1 is 1.06 bits per heavy atom. The van der Waals surface area contributed by atoms with Gasteiger partial charge in [-0.05, 0) is 66.5 Å². The van der Waals surface area contributed by atoms with Crippen molar-refractivity contribution < 1.29 is 14.7 Å². The number of carbonyl (C=O) groups is 2. The average Bonchev–Trinajstić information content (AvgIpc) is 2.94. The van der Waals surface area contributed by atoms with Crippen LogP contribution in [0.1, 0.15) is 85.4 Å². The second-order valence-electron chi connectivity index (χ2n) is 12.8. The lowest BCUT2D eigenvalue weighted by atomic mass is 9.78. The maximum absolute atomic E-state index is 13.7. The molecule has 0 bridgehead atoms. The third-order valence-corrected chi connectivity index (χ3v) is 8.93. The summed E-state index contributed by atoms with van der Waals surface area (Å²) < 4.78 is -0.528. The Morgan fingerprint density at radius 2 is 1.60 bits per heavy atom. The first-order valence-corrected chi connectivity index (χ1v) is 13.3. The number of carbonyl (C=O) groups excluding carboxylic acids is 2. The molecule has 2 aliphatic carbocycles. The number of amides is 1. The smallest absolute Gasteiger partial charge is 0.238 e. The molecule has 5 heteroatoms. The largest absolute Gasteiger partial charge is 0.507 e. The summed E-state index contributed by atoms with van der Waals surface area (Å²) in [7, 11) is 1.88. The van der Waals surface area contributed by atoms with Crippen LogP contribution in [0.5, 0.6) is 5.75 Å². The maximum Gasteiger partial charge on any atom is 0.238 e. The number of allylic oxidation sites excluding steroid dienone is 3. The normalized spacial score (nSPS) is 25.7. The zero-order valence-corrected chi connectivity index (χ0v) is 23.6. The van der Waals surface area contributed by atoms with E-state index in [2.05, 4.69) is 48.5 Å². The SMILES string of the molecule is CC1C(=Cc2cc(C(C)(C)C)c(O)c(C(C)(C)C)c2)C(=O)C2=C1CC1C(=C2)SC(C)(C)C(=O)N1C. The van der Waals surface area contributed by atoms with Crippen molar-refractivity contribution in [3.63, 3.8) is 0 Å². The van der Waals surface area contributed by atoms with Gasteiger partial charge in [-0.25, -0.2) is 0 Å². The van der Waals surface area contributed by atoms with Crippen LogP contribution in [0.15, 0.2) is 39.8 Å². The number of hydrogen-bond donors (Lipinski definition) is 1. The summed E-state index contributed by atoms with van der Waals surface area (Å²) in [4.78, 5) is 29.5. The van der Waals surface area contributed by atoms with Crippen LogP contribution in [-0.2, 0) is 20.4 Å². The van der Waals surface area contributed by atoms with Crippen molar-refractivity contribution in [1.82, 2.24) is 4.90 Å². The van der Waals surface area contributed by atoms with Crippen LogP contribution in [0, 0.1) is 5.92 Å². The van der Waals surface area contributed by atoms with E-state index in [-0.39, 0.29) is 34.5 Å². The Hall–Kier alpha value is -2.27. The number of fused-ring (bicyclic) bond motifs is 1. The molecule has 35 heavy (non-hydrogen) atoms. The molecular weight excluding hydrogens is 454 g/mol. The van der Waals surface area contributed by atoms with Gasteiger partial charge in [-0.2, -0.15) is 0 Å². The van der Waals surface area contributed by atoms with Crippen LogP contribution in [0.25, 0.3) is 6.08 Å². The molecule has 1 N–H and O–H groups in total. The number of ketones is 1. The molecule has 0 spiro atoms. The standard InChI is InChI=1S/C30H39NO3S/c1-16-18-14-23-24(35-30(8,9)27(34)31(23)10)15-20(18)25(32)19(16)11-17-12-21(28(2,3)4)26(33)22(13-17)29(5,6)7/h11-13,15-16,23,33H,14H2,1-10H3. The number of hydrogen-bond acceptors (Lipinski definition) is 4. The highest BCUT2D eigenvalue weighted by Gasteiger charge is 2.47. The van der Waals surface area contributed by atoms with Crippen LogP contribution in [0.3, 0.4) is 0 Å². The number of nitrogens with zero attached hydrogens (tertiary/aromatic N) is 1. The van der Waals surface area contributed by atoms with Gasteiger partial charge in [-0.3, -0.25) is 9.59 Å². The molecule has 0 aromatic heterocycles. The fraction of sp³-hybridized carbons (Fsp3) is 0.533. The Balaban J connectivity index is 1.78. The van der Waals surface area contributed by atoms with Gasteiger partial charge in [0.1, 0.15) is 5.75 Å². The molecule has 1 aromatic rings. The molecule has 2 atom stereocenters. The fourth-order valence-electron chi connectivity index (χ4n) is 5.49. The van der Waals surface area contributed by atoms with Crippen molar-refractivity contribution >= 4 is 29.5 Å². The predicted octanol–water partition coefficient (Wildman–Crippen LogP) is 6.53. The summed E-state index contributed by atoms with van der Waals surface area (Å²) in [6.07, 6.45) is 4.76. The van der Waals surface area contributed by atoms with E-state index in [0.717, 1.165) is 38.3 Å². The summed E-state index contributed by atoms with van der Waals surface area (Å²) in [6, 6.07) is 4.05. The van der Waals surface area contributed by atoms with Crippen molar-refractivity contribution in [3.8, 4) is 5.75 Å². The maximum atomic E-state index is 13.7. The molecule has 3 aliphatic rings. The lowest BCUT2D eigenvalue weighted by Gasteiger charge is -2.44. The first-order chi connectivity index (χ1) is 15.9. The molecule has 1 aliphatic heterocycles. The highest BCUT2D eigenvalue weighted by Crippen LogP contribution is 2.50. The third-order valence-electron chi connectivity index (χ3n) is 7.62. The Kier molecular flexibility index (Phi) is 5.99. The molecule has 4 nitrogen and oxygen atoms in total. The fourth-order valence-corrected chi connectivity index (χ4v) is 6.87. The van der Waals surface area contributed by atoms with Gasteiger partial charge < -0.3 is 10.0 Å². The van der Waals surface area contributed by atoms with Gasteiger partial charge in [0.05, 0.1) is 10.8 Å². The van der Waals surface area contributed by atoms with Gasteiger partial charge in [0.2, 0.25) is 5.91 Å². The molecule has 1 saturated heterocycles. The van der Waals surface area contributed by atoms with E-state index in [0.29, 0.717) is 12.2 Å². The average molecular weight is 494 g/mol. The Morgan fingerprint density at radius 3 is 2.11 bits per heavy atom. The van der Waals surface area contributed by atoms with Gasteiger partial charge >= 0.3 is 0 Å². The highest BCUT2D eigenvalue weighted by atomic mass is 32.2. The minimum absolute atomic E-state index is 0.00235. The molecule has 2 unspecified atom stereocenters. The Bertz CT molecular complexity index is 1180. The second kappa shape index (κ2) is 8.12. The molecule has 4 rings (SSSR count). The first-order valence-electron chi connectivity index (χ1n) is 12.5. The van der Waals surface area contributed by atoms with Gasteiger partial charge in [0.15, 0.2) is 5.78 Å². The van der Waals surface area contributed by atoms with E-state index in [1.165, 1.54) is 0 Å². The second-order valence-corrected chi connectivity index (χ2v) is 14.5. The molecule has 1 amide bonds. The lowest BCUT2D eigenvalue weighted by Crippen LogP contribution is -2.52. The number of phenols is 1. The van der Waals surface area contributed by atoms with Gasteiger partial charge in [-0.1, -0.05) is 48.5 Å². The topological polar surface area (TPSA) is 57.6 Å². The number of likely N-dealkylation sites (N-methyl/N-ethyl adjacent to an activating group) is 1. The van der Waals surface area contributed by atoms with Crippen LogP contribution >= 0.6 is 11.8 Å². The Labute approximate surface area is 214 Å². The number of thioether (sulfide) groups is 1. The summed E-state index contributed by atoms with van der Waals surface area (Å²) in [6.45, 7) is 18.6. The molecular formula is C30H39NO3S. The lowest BCUT2D eigenvalue weighted by molar-refractivity contribution is -0.133. The van der Waals surface area contributed by atoms with E-state index < -0.39 is 4.75 Å². The van der Waals surface area contributed by atoms with E-state index >= 15 is 0 Å². The van der Waals surface area contributed by atoms with Crippen molar-refractivity contribution in [2.45, 2.75) is 90.4 Å². The molecule has 188 valence electrons. The van der Waals surface area contributed by atoms with Crippen molar-refractivity contribution in [2.75, 3.05) is 7.05 Å². The monoisotopic (exact) mass is 493 g/mol. The molecule has 1 heterocycles. The number of aromatic hydroxyl groups is 1. The van der Waals surface area contributed by atoms with Crippen molar-refractivity contribution in [2.24, 2.45) is 5.92 Å². The number of phenolic OH excluding ortho intramolecular Hbond substituents is 1. The number of rotatable bonds is 1. The first kappa shape index (κ1) is 25.8. The predicted molar refractivity (Wildman–Crippen MR) is 146 cm³/mol. The quantitative estimate of drug-likeness (QED) is 0.452. The molecule has 0 saturated carbocycles. The van der Waals surface area contributed by atoms with Crippen molar-refractivity contribution in [1.29, 1.82) is 0 Å². The van der Waals surface area contributed by atoms with Crippen LogP contribution < -0.4 is 0 Å². The summed E-state index contributed by atoms with van der Waals surface area (Å²) in [5, 5.41) is 11.1. The molecule has 1 aromatic carbocycles. The van der Waals surface area contributed by atoms with Gasteiger partial charge in [0.25, 0.3) is 0 Å². The van der Waals surface area contributed by atoms with E-state index in [1.807, 2.05) is 50.1 Å². The highest BCUT2D eigenvalue weighted by molar-refractivity contribution is 8.05. The molecule has 1 fully saturated rings. The van der Waals surface area contributed by atoms with E-state index in [9.17, 15) is 14.7 Å². The summed E-state index contributed by atoms with van der Waals surface area (Å²) in [5.74, 6) is 0.550. The van der Waals surface area contributed by atoms with Gasteiger partial charge in [0, 0.05) is 40.1 Å². The third kappa shape index (κ3) is 4.30. The number of Topliss-reactive ketones (excluding diaryl/α,β-unsaturated/α-hetero) is 1. The summed E-state index contributed by atoms with van der Waals surface area (Å²) in [5.41, 5.74) is 4.96. The number of benzene rings is 1. The van der Waals surface area contributed by atoms with Crippen LogP contribution in [0.4, 0.5) is 0 Å². The van der Waals surface area contributed by atoms with Crippen LogP contribution in [-0.4, -0.2) is 39.5 Å². The van der Waals surface area contributed by atoms with Gasteiger partial charge in [-0.15, -0.1) is 11.8 Å². The zero-order valence-electron chi connectivity index (χ0n) is 22.8. The van der Waals surface area contributed by atoms with Crippen molar-refractivity contribution in [3.05, 3.63) is 56.5 Å². The van der Waals surface area contributed by atoms with Crippen LogP contribution in [0.2, 0.25) is 0 Å². The zero-order chi connectivity index (χ0) is 26.2. The van der Waals surface area contributed by atoms with E-state index in [1.54, 1.807) is 11.8 Å². The van der Waals surface area contributed by atoms with E-state index in [4.69, 9.17) is 0 Å². The minimum atomic E-state index is -0.528. The molecule has 0 radical (unpaired) electrons.